The van der Waals surface area contributed by atoms with E-state index in [1.54, 1.807) is 13.2 Å². The Hall–Kier alpha value is -3.24. The van der Waals surface area contributed by atoms with E-state index in [9.17, 15) is 0 Å². The van der Waals surface area contributed by atoms with Crippen LogP contribution in [0.5, 0.6) is 5.75 Å². The summed E-state index contributed by atoms with van der Waals surface area (Å²) in [5, 5.41) is 6.78. The van der Waals surface area contributed by atoms with Crippen LogP contribution in [-0.2, 0) is 0 Å². The summed E-state index contributed by atoms with van der Waals surface area (Å²) in [6.45, 7) is 0. The topological polar surface area (TPSA) is 46.8 Å². The second-order valence-electron chi connectivity index (χ2n) is 5.95. The Morgan fingerprint density at radius 3 is 2.44 bits per heavy atom. The van der Waals surface area contributed by atoms with E-state index < -0.39 is 0 Å². The van der Waals surface area contributed by atoms with Gasteiger partial charge in [0.15, 0.2) is 0 Å². The van der Waals surface area contributed by atoms with Crippen LogP contribution in [0, 0.1) is 0 Å². The number of fused-ring (bicyclic) bond motifs is 1. The molecule has 0 aliphatic carbocycles. The van der Waals surface area contributed by atoms with Crippen LogP contribution >= 0.6 is 11.6 Å². The summed E-state index contributed by atoms with van der Waals surface area (Å²) >= 11 is 6.18. The quantitative estimate of drug-likeness (QED) is 0.465. The number of ether oxygens (including phenoxy) is 1. The number of nitrogens with one attached hydrogen (secondary N) is 1. The molecule has 0 atom stereocenters. The predicted octanol–water partition coefficient (Wildman–Crippen LogP) is 5.69. The maximum atomic E-state index is 6.18. The van der Waals surface area contributed by atoms with Gasteiger partial charge in [0.25, 0.3) is 0 Å². The largest absolute Gasteiger partial charge is 0.497 e. The number of anilines is 1. The molecule has 0 saturated heterocycles. The van der Waals surface area contributed by atoms with Crippen LogP contribution in [0.2, 0.25) is 5.02 Å². The Kier molecular flexibility index (Phi) is 4.81. The zero-order valence-corrected chi connectivity index (χ0v) is 15.4. The van der Waals surface area contributed by atoms with Gasteiger partial charge in [-0.05, 0) is 54.6 Å². The first-order chi connectivity index (χ1) is 13.2. The highest BCUT2D eigenvalue weighted by Gasteiger charge is 2.07. The molecule has 0 unspecified atom stereocenters. The molecule has 0 spiro atoms. The molecule has 0 aliphatic heterocycles. The van der Waals surface area contributed by atoms with Gasteiger partial charge in [-0.25, -0.2) is 0 Å². The monoisotopic (exact) mass is 376 g/mol. The van der Waals surface area contributed by atoms with E-state index in [-0.39, 0.29) is 0 Å². The fourth-order valence-corrected chi connectivity index (χ4v) is 2.94. The van der Waals surface area contributed by atoms with Crippen molar-refractivity contribution in [2.24, 2.45) is 5.10 Å². The van der Waals surface area contributed by atoms with E-state index in [1.165, 1.54) is 0 Å². The van der Waals surface area contributed by atoms with Crippen molar-refractivity contribution in [3.05, 3.63) is 89.2 Å². The number of hydrogen-bond donors (Lipinski definition) is 1. The standard InChI is InChI=1S/C22H17ClN2O2/c1-26-18-10-7-15(8-11-18)22-14-20(25-24-17-5-3-2-4-6-17)19-13-16(23)9-12-21(19)27-22/h2-14,24H,1H3/b25-20-. The minimum absolute atomic E-state index is 0.631. The third-order valence-electron chi connectivity index (χ3n) is 4.16. The summed E-state index contributed by atoms with van der Waals surface area (Å²) in [6.07, 6.45) is 0. The van der Waals surface area contributed by atoms with Gasteiger partial charge in [-0.3, -0.25) is 5.43 Å². The molecule has 1 heterocycles. The summed E-state index contributed by atoms with van der Waals surface area (Å²) < 4.78 is 11.3. The average molecular weight is 377 g/mol. The molecule has 0 amide bonds. The lowest BCUT2D eigenvalue weighted by molar-refractivity contribution is 0.415. The molecule has 0 fully saturated rings. The molecule has 4 nitrogen and oxygen atoms in total. The second-order valence-corrected chi connectivity index (χ2v) is 6.39. The molecule has 134 valence electrons. The van der Waals surface area contributed by atoms with Crippen molar-refractivity contribution in [2.45, 2.75) is 0 Å². The van der Waals surface area contributed by atoms with E-state index >= 15 is 0 Å². The Bertz CT molecular complexity index is 1140. The van der Waals surface area contributed by atoms with Crippen molar-refractivity contribution in [3.8, 4) is 17.1 Å². The van der Waals surface area contributed by atoms with Gasteiger partial charge in [-0.15, -0.1) is 0 Å². The number of nitrogens with zero attached hydrogens (tertiary/aromatic N) is 1. The molecule has 0 radical (unpaired) electrons. The maximum absolute atomic E-state index is 6.18. The molecule has 0 aliphatic rings. The second kappa shape index (κ2) is 7.56. The Labute approximate surface area is 161 Å². The van der Waals surface area contributed by atoms with Gasteiger partial charge in [0.05, 0.1) is 18.2 Å². The molecule has 0 saturated carbocycles. The first-order valence-electron chi connectivity index (χ1n) is 8.45. The highest BCUT2D eigenvalue weighted by Crippen LogP contribution is 2.25. The Balaban J connectivity index is 1.85. The fraction of sp³-hybridized carbons (Fsp3) is 0.0455. The fourth-order valence-electron chi connectivity index (χ4n) is 2.77. The zero-order chi connectivity index (χ0) is 18.6. The van der Waals surface area contributed by atoms with Gasteiger partial charge in [0.1, 0.15) is 17.1 Å². The van der Waals surface area contributed by atoms with Crippen molar-refractivity contribution in [1.82, 2.24) is 0 Å². The molecule has 27 heavy (non-hydrogen) atoms. The van der Waals surface area contributed by atoms with Gasteiger partial charge in [0.2, 0.25) is 0 Å². The molecule has 1 N–H and O–H groups in total. The summed E-state index contributed by atoms with van der Waals surface area (Å²) in [5.74, 6) is 1.50. The van der Waals surface area contributed by atoms with Crippen LogP contribution in [0.1, 0.15) is 0 Å². The molecule has 4 aromatic rings. The normalized spacial score (nSPS) is 11.6. The summed E-state index contributed by atoms with van der Waals surface area (Å²) in [5.41, 5.74) is 5.64. The minimum Gasteiger partial charge on any atom is -0.497 e. The molecule has 1 aromatic heterocycles. The molecule has 5 heteroatoms. The van der Waals surface area contributed by atoms with Crippen LogP contribution in [0.4, 0.5) is 5.69 Å². The lowest BCUT2D eigenvalue weighted by atomic mass is 10.1. The van der Waals surface area contributed by atoms with Crippen LogP contribution in [-0.4, -0.2) is 7.11 Å². The highest BCUT2D eigenvalue weighted by atomic mass is 35.5. The average Bonchev–Trinajstić information content (AvgIpc) is 2.73. The van der Waals surface area contributed by atoms with Crippen molar-refractivity contribution in [2.75, 3.05) is 12.5 Å². The van der Waals surface area contributed by atoms with Gasteiger partial charge in [0, 0.05) is 22.0 Å². The third kappa shape index (κ3) is 3.81. The van der Waals surface area contributed by atoms with Gasteiger partial charge >= 0.3 is 0 Å². The minimum atomic E-state index is 0.631. The van der Waals surface area contributed by atoms with Crippen molar-refractivity contribution >= 4 is 28.3 Å². The van der Waals surface area contributed by atoms with E-state index in [0.717, 1.165) is 27.7 Å². The first kappa shape index (κ1) is 17.2. The van der Waals surface area contributed by atoms with E-state index in [1.807, 2.05) is 72.8 Å². The first-order valence-corrected chi connectivity index (χ1v) is 8.83. The predicted molar refractivity (Wildman–Crippen MR) is 109 cm³/mol. The van der Waals surface area contributed by atoms with Crippen LogP contribution < -0.4 is 15.5 Å². The number of methoxy groups -OCH3 is 1. The third-order valence-corrected chi connectivity index (χ3v) is 4.39. The molecular formula is C22H17ClN2O2. The van der Waals surface area contributed by atoms with Crippen molar-refractivity contribution in [1.29, 1.82) is 0 Å². The molecule has 4 rings (SSSR count). The number of para-hydroxylation sites is 1. The lowest BCUT2D eigenvalue weighted by Crippen LogP contribution is -2.07. The lowest BCUT2D eigenvalue weighted by Gasteiger charge is -2.07. The molecular weight excluding hydrogens is 360 g/mol. The molecule has 3 aromatic carbocycles. The van der Waals surface area contributed by atoms with Gasteiger partial charge in [-0.1, -0.05) is 29.8 Å². The number of halogens is 1. The van der Waals surface area contributed by atoms with Gasteiger partial charge < -0.3 is 9.15 Å². The number of hydrogen-bond acceptors (Lipinski definition) is 4. The van der Waals surface area contributed by atoms with Crippen LogP contribution in [0.3, 0.4) is 0 Å². The smallest absolute Gasteiger partial charge is 0.137 e. The summed E-state index contributed by atoms with van der Waals surface area (Å²) in [6, 6.07) is 24.9. The summed E-state index contributed by atoms with van der Waals surface area (Å²) in [4.78, 5) is 0. The van der Waals surface area contributed by atoms with Crippen molar-refractivity contribution < 1.29 is 9.15 Å². The SMILES string of the molecule is COc1ccc(-c2c/c(=N/Nc3ccccc3)c3cc(Cl)ccc3o2)cc1. The van der Waals surface area contributed by atoms with Gasteiger partial charge in [-0.2, -0.15) is 5.10 Å². The van der Waals surface area contributed by atoms with E-state index in [4.69, 9.17) is 20.8 Å². The number of benzene rings is 3. The van der Waals surface area contributed by atoms with Crippen LogP contribution in [0.15, 0.2) is 88.4 Å². The van der Waals surface area contributed by atoms with Crippen LogP contribution in [0.25, 0.3) is 22.3 Å². The Morgan fingerprint density at radius 1 is 0.926 bits per heavy atom. The van der Waals surface area contributed by atoms with E-state index in [2.05, 4.69) is 10.5 Å². The Morgan fingerprint density at radius 2 is 1.70 bits per heavy atom. The van der Waals surface area contributed by atoms with E-state index in [0.29, 0.717) is 16.4 Å². The number of rotatable bonds is 4. The zero-order valence-electron chi connectivity index (χ0n) is 14.6. The maximum Gasteiger partial charge on any atom is 0.137 e. The summed E-state index contributed by atoms with van der Waals surface area (Å²) in [7, 11) is 1.64. The molecule has 0 bridgehead atoms. The highest BCUT2D eigenvalue weighted by molar-refractivity contribution is 6.31. The van der Waals surface area contributed by atoms with Crippen molar-refractivity contribution in [3.63, 3.8) is 0 Å².